The van der Waals surface area contributed by atoms with Crippen molar-refractivity contribution in [2.75, 3.05) is 11.4 Å². The third kappa shape index (κ3) is 5.64. The fourth-order valence-electron chi connectivity index (χ4n) is 2.20. The monoisotopic (exact) mass is 347 g/mol. The molecule has 0 aliphatic carbocycles. The number of benzene rings is 1. The van der Waals surface area contributed by atoms with Gasteiger partial charge in [0.05, 0.1) is 10.6 Å². The number of carbonyl (C=O) groups excluding carboxylic acids is 1. The lowest BCUT2D eigenvalue weighted by molar-refractivity contribution is -0.125. The summed E-state index contributed by atoms with van der Waals surface area (Å²) in [5.41, 5.74) is 5.54. The number of amides is 1. The molecule has 0 spiro atoms. The molecule has 1 amide bonds. The first-order chi connectivity index (χ1) is 10.7. The van der Waals surface area contributed by atoms with Gasteiger partial charge in [-0.1, -0.05) is 31.4 Å². The van der Waals surface area contributed by atoms with Gasteiger partial charge in [0.1, 0.15) is 18.7 Å². The van der Waals surface area contributed by atoms with Crippen LogP contribution in [0.15, 0.2) is 18.2 Å². The summed E-state index contributed by atoms with van der Waals surface area (Å²) in [6, 6.07) is 4.63. The molecule has 1 atom stereocenters. The Morgan fingerprint density at radius 3 is 2.57 bits per heavy atom. The summed E-state index contributed by atoms with van der Waals surface area (Å²) in [6.45, 7) is 0.539. The van der Waals surface area contributed by atoms with Gasteiger partial charge in [0.2, 0.25) is 5.91 Å². The lowest BCUT2D eigenvalue weighted by Crippen LogP contribution is -2.49. The summed E-state index contributed by atoms with van der Waals surface area (Å²) >= 11 is 5.89. The van der Waals surface area contributed by atoms with Crippen molar-refractivity contribution in [1.82, 2.24) is 0 Å². The van der Waals surface area contributed by atoms with E-state index in [0.717, 1.165) is 11.3 Å². The van der Waals surface area contributed by atoms with Crippen molar-refractivity contribution in [1.29, 1.82) is 5.26 Å². The molecule has 2 N–H and O–H groups in total. The Bertz CT molecular complexity index is 599. The summed E-state index contributed by atoms with van der Waals surface area (Å²) in [7, 11) is 0. The maximum Gasteiger partial charge on any atom is 0.405 e. The number of primary amides is 1. The largest absolute Gasteiger partial charge is 0.405 e. The molecule has 23 heavy (non-hydrogen) atoms. The number of nitriles is 1. The van der Waals surface area contributed by atoms with Crippen molar-refractivity contribution in [3.63, 3.8) is 0 Å². The first-order valence-electron chi connectivity index (χ1n) is 7.02. The van der Waals surface area contributed by atoms with Crippen LogP contribution in [-0.2, 0) is 4.79 Å². The van der Waals surface area contributed by atoms with Crippen LogP contribution in [0.3, 0.4) is 0 Å². The fraction of sp³-hybridized carbons (Fsp3) is 0.467. The minimum atomic E-state index is -4.51. The van der Waals surface area contributed by atoms with Crippen molar-refractivity contribution >= 4 is 23.2 Å². The first kappa shape index (κ1) is 19.1. The zero-order valence-corrected chi connectivity index (χ0v) is 13.3. The average Bonchev–Trinajstić information content (AvgIpc) is 2.44. The number of alkyl halides is 3. The molecule has 1 unspecified atom stereocenters. The highest BCUT2D eigenvalue weighted by atomic mass is 35.5. The van der Waals surface area contributed by atoms with E-state index in [1.165, 1.54) is 18.2 Å². The summed E-state index contributed by atoms with van der Waals surface area (Å²) in [5, 5.41) is 8.87. The van der Waals surface area contributed by atoms with Gasteiger partial charge in [0, 0.05) is 5.69 Å². The minimum absolute atomic E-state index is 0.0240. The van der Waals surface area contributed by atoms with Crippen molar-refractivity contribution in [3.8, 4) is 6.07 Å². The molecule has 0 heterocycles. The van der Waals surface area contributed by atoms with Gasteiger partial charge >= 0.3 is 6.18 Å². The predicted molar refractivity (Wildman–Crippen MR) is 82.1 cm³/mol. The van der Waals surface area contributed by atoms with Crippen LogP contribution in [-0.4, -0.2) is 24.7 Å². The van der Waals surface area contributed by atoms with E-state index in [1.807, 2.05) is 13.0 Å². The number of hydrogen-bond donors (Lipinski definition) is 1. The van der Waals surface area contributed by atoms with Crippen molar-refractivity contribution in [2.45, 2.75) is 38.4 Å². The van der Waals surface area contributed by atoms with E-state index in [2.05, 4.69) is 0 Å². The highest BCUT2D eigenvalue weighted by molar-refractivity contribution is 6.32. The van der Waals surface area contributed by atoms with E-state index < -0.39 is 24.7 Å². The quantitative estimate of drug-likeness (QED) is 0.818. The van der Waals surface area contributed by atoms with Crippen LogP contribution in [0.4, 0.5) is 18.9 Å². The molecule has 0 aromatic heterocycles. The summed E-state index contributed by atoms with van der Waals surface area (Å²) < 4.78 is 38.7. The Morgan fingerprint density at radius 2 is 2.13 bits per heavy atom. The molecule has 4 nitrogen and oxygen atoms in total. The molecule has 1 aromatic rings. The maximum atomic E-state index is 12.9. The Morgan fingerprint density at radius 1 is 1.48 bits per heavy atom. The molecule has 126 valence electrons. The van der Waals surface area contributed by atoms with Crippen LogP contribution in [0.5, 0.6) is 0 Å². The second-order valence-electron chi connectivity index (χ2n) is 5.08. The molecule has 0 fully saturated rings. The second-order valence-corrected chi connectivity index (χ2v) is 5.49. The Labute approximate surface area is 137 Å². The molecule has 0 saturated heterocycles. The van der Waals surface area contributed by atoms with Crippen LogP contribution < -0.4 is 10.6 Å². The molecule has 1 rings (SSSR count). The highest BCUT2D eigenvalue weighted by Crippen LogP contribution is 2.29. The lowest BCUT2D eigenvalue weighted by atomic mass is 10.1. The zero-order valence-electron chi connectivity index (χ0n) is 12.5. The van der Waals surface area contributed by atoms with Crippen molar-refractivity contribution in [2.24, 2.45) is 5.73 Å². The number of halogens is 4. The van der Waals surface area contributed by atoms with Gasteiger partial charge in [0.25, 0.3) is 0 Å². The summed E-state index contributed by atoms with van der Waals surface area (Å²) in [6.07, 6.45) is -3.02. The second kappa shape index (κ2) is 8.06. The van der Waals surface area contributed by atoms with Gasteiger partial charge < -0.3 is 10.6 Å². The fourth-order valence-corrected chi connectivity index (χ4v) is 2.41. The first-order valence-corrected chi connectivity index (χ1v) is 7.39. The molecule has 8 heteroatoms. The number of unbranched alkanes of at least 4 members (excludes halogenated alkanes) is 1. The minimum Gasteiger partial charge on any atom is -0.368 e. The number of nitrogens with two attached hydrogens (primary N) is 1. The Kier molecular flexibility index (Phi) is 6.70. The van der Waals surface area contributed by atoms with Crippen LogP contribution >= 0.6 is 11.6 Å². The summed E-state index contributed by atoms with van der Waals surface area (Å²) in [5.74, 6) is -0.830. The number of hydrogen-bond acceptors (Lipinski definition) is 3. The Hall–Kier alpha value is -1.94. The lowest BCUT2D eigenvalue weighted by Gasteiger charge is -2.32. The Balaban J connectivity index is 3.25. The molecule has 0 bridgehead atoms. The van der Waals surface area contributed by atoms with Gasteiger partial charge in [-0.15, -0.1) is 0 Å². The number of anilines is 1. The van der Waals surface area contributed by atoms with E-state index in [4.69, 9.17) is 22.6 Å². The topological polar surface area (TPSA) is 70.1 Å². The van der Waals surface area contributed by atoms with E-state index in [1.54, 1.807) is 0 Å². The van der Waals surface area contributed by atoms with Gasteiger partial charge in [-0.25, -0.2) is 0 Å². The standard InChI is InChI=1S/C15H17ClF3N3O/c1-2-3-4-13(14(21)23)22(9-15(17,18)19)11-6-5-10(8-20)12(16)7-11/h5-7,13H,2-4,9H2,1H3,(H2,21,23). The van der Waals surface area contributed by atoms with E-state index in [-0.39, 0.29) is 22.7 Å². The van der Waals surface area contributed by atoms with Gasteiger partial charge in [0.15, 0.2) is 0 Å². The molecule has 1 aromatic carbocycles. The predicted octanol–water partition coefficient (Wildman–Crippen LogP) is 3.62. The maximum absolute atomic E-state index is 12.9. The smallest absolute Gasteiger partial charge is 0.368 e. The zero-order chi connectivity index (χ0) is 17.6. The molecular weight excluding hydrogens is 331 g/mol. The average molecular weight is 348 g/mol. The van der Waals surface area contributed by atoms with E-state index >= 15 is 0 Å². The molecule has 0 radical (unpaired) electrons. The van der Waals surface area contributed by atoms with Crippen LogP contribution in [0.1, 0.15) is 31.7 Å². The van der Waals surface area contributed by atoms with Gasteiger partial charge in [-0.3, -0.25) is 4.79 Å². The van der Waals surface area contributed by atoms with Gasteiger partial charge in [-0.2, -0.15) is 18.4 Å². The highest BCUT2D eigenvalue weighted by Gasteiger charge is 2.36. The number of rotatable bonds is 7. The third-order valence-corrected chi connectivity index (χ3v) is 3.60. The SMILES string of the molecule is CCCCC(C(N)=O)N(CC(F)(F)F)c1ccc(C#N)c(Cl)c1. The van der Waals surface area contributed by atoms with E-state index in [9.17, 15) is 18.0 Å². The van der Waals surface area contributed by atoms with Gasteiger partial charge in [-0.05, 0) is 24.6 Å². The van der Waals surface area contributed by atoms with Crippen LogP contribution in [0, 0.1) is 11.3 Å². The summed E-state index contributed by atoms with van der Waals surface area (Å²) in [4.78, 5) is 12.5. The third-order valence-electron chi connectivity index (χ3n) is 3.29. The number of nitrogens with zero attached hydrogens (tertiary/aromatic N) is 2. The normalized spacial score (nSPS) is 12.5. The molecule has 0 saturated carbocycles. The van der Waals surface area contributed by atoms with Crippen LogP contribution in [0.2, 0.25) is 5.02 Å². The van der Waals surface area contributed by atoms with E-state index in [0.29, 0.717) is 6.42 Å². The van der Waals surface area contributed by atoms with Crippen LogP contribution in [0.25, 0.3) is 0 Å². The molecular formula is C15H17ClF3N3O. The number of carbonyl (C=O) groups is 1. The van der Waals surface area contributed by atoms with Crippen molar-refractivity contribution in [3.05, 3.63) is 28.8 Å². The molecule has 0 aliphatic heterocycles. The van der Waals surface area contributed by atoms with Crippen molar-refractivity contribution < 1.29 is 18.0 Å². The molecule has 0 aliphatic rings.